The highest BCUT2D eigenvalue weighted by atomic mass is 35.5. The van der Waals surface area contributed by atoms with E-state index >= 15 is 0 Å². The predicted octanol–water partition coefficient (Wildman–Crippen LogP) is 3.63. The van der Waals surface area contributed by atoms with Crippen LogP contribution in [0.15, 0.2) is 36.4 Å². The SMILES string of the molecule is N#Cc1ccc(F)cc1COc1cc(Cl)ccc1C(=O)O. The van der Waals surface area contributed by atoms with Crippen LogP contribution >= 0.6 is 11.6 Å². The number of aromatic carboxylic acids is 1. The van der Waals surface area contributed by atoms with Crippen LogP contribution in [-0.2, 0) is 6.61 Å². The summed E-state index contributed by atoms with van der Waals surface area (Å²) in [7, 11) is 0. The van der Waals surface area contributed by atoms with Crippen LogP contribution in [-0.4, -0.2) is 11.1 Å². The molecule has 0 bridgehead atoms. The van der Waals surface area contributed by atoms with Gasteiger partial charge in [-0.05, 0) is 36.4 Å². The molecule has 0 unspecified atom stereocenters. The second kappa shape index (κ2) is 6.25. The third kappa shape index (κ3) is 3.50. The molecule has 0 heterocycles. The van der Waals surface area contributed by atoms with Crippen LogP contribution in [0.2, 0.25) is 5.02 Å². The normalized spacial score (nSPS) is 9.95. The molecular weight excluding hydrogens is 297 g/mol. The van der Waals surface area contributed by atoms with Gasteiger partial charge in [0.15, 0.2) is 0 Å². The van der Waals surface area contributed by atoms with Crippen molar-refractivity contribution in [2.45, 2.75) is 6.61 Å². The summed E-state index contributed by atoms with van der Waals surface area (Å²) in [6, 6.07) is 9.70. The quantitative estimate of drug-likeness (QED) is 0.936. The largest absolute Gasteiger partial charge is 0.488 e. The number of nitriles is 1. The number of hydrogen-bond donors (Lipinski definition) is 1. The zero-order valence-electron chi connectivity index (χ0n) is 10.6. The van der Waals surface area contributed by atoms with E-state index in [4.69, 9.17) is 26.7 Å². The lowest BCUT2D eigenvalue weighted by Gasteiger charge is -2.10. The molecule has 0 amide bonds. The maximum atomic E-state index is 13.2. The summed E-state index contributed by atoms with van der Waals surface area (Å²) in [5.74, 6) is -1.61. The Morgan fingerprint density at radius 1 is 1.33 bits per heavy atom. The summed E-state index contributed by atoms with van der Waals surface area (Å²) < 4.78 is 18.6. The number of rotatable bonds is 4. The molecule has 0 aromatic heterocycles. The van der Waals surface area contributed by atoms with Crippen molar-refractivity contribution in [2.75, 3.05) is 0 Å². The smallest absolute Gasteiger partial charge is 0.339 e. The van der Waals surface area contributed by atoms with Crippen molar-refractivity contribution < 1.29 is 19.0 Å². The maximum Gasteiger partial charge on any atom is 0.339 e. The van der Waals surface area contributed by atoms with E-state index in [1.165, 1.54) is 36.4 Å². The minimum absolute atomic E-state index is 0.0585. The summed E-state index contributed by atoms with van der Waals surface area (Å²) in [5.41, 5.74) is 0.526. The van der Waals surface area contributed by atoms with Gasteiger partial charge in [-0.2, -0.15) is 5.26 Å². The van der Waals surface area contributed by atoms with Gasteiger partial charge in [-0.3, -0.25) is 0 Å². The lowest BCUT2D eigenvalue weighted by Crippen LogP contribution is -2.04. The molecule has 6 heteroatoms. The number of carboxylic acid groups (broad SMARTS) is 1. The fourth-order valence-corrected chi connectivity index (χ4v) is 1.90. The average Bonchev–Trinajstić information content (AvgIpc) is 2.45. The first kappa shape index (κ1) is 14.8. The Balaban J connectivity index is 2.29. The minimum atomic E-state index is -1.17. The van der Waals surface area contributed by atoms with Gasteiger partial charge >= 0.3 is 5.97 Å². The number of ether oxygens (including phenoxy) is 1. The van der Waals surface area contributed by atoms with Crippen LogP contribution < -0.4 is 4.74 Å². The molecular formula is C15H9ClFNO3. The first-order chi connectivity index (χ1) is 10.0. The van der Waals surface area contributed by atoms with E-state index in [0.29, 0.717) is 10.6 Å². The molecule has 0 saturated carbocycles. The molecule has 0 saturated heterocycles. The first-order valence-electron chi connectivity index (χ1n) is 5.85. The van der Waals surface area contributed by atoms with Gasteiger partial charge in [-0.15, -0.1) is 0 Å². The van der Waals surface area contributed by atoms with Crippen molar-refractivity contribution >= 4 is 17.6 Å². The molecule has 2 rings (SSSR count). The lowest BCUT2D eigenvalue weighted by molar-refractivity contribution is 0.0691. The van der Waals surface area contributed by atoms with Gasteiger partial charge < -0.3 is 9.84 Å². The second-order valence-electron chi connectivity index (χ2n) is 4.15. The van der Waals surface area contributed by atoms with Gasteiger partial charge in [-0.1, -0.05) is 11.6 Å². The van der Waals surface area contributed by atoms with Gasteiger partial charge in [0.25, 0.3) is 0 Å². The molecule has 0 atom stereocenters. The molecule has 0 aliphatic rings. The maximum absolute atomic E-state index is 13.2. The topological polar surface area (TPSA) is 70.3 Å². The highest BCUT2D eigenvalue weighted by molar-refractivity contribution is 6.30. The average molecular weight is 306 g/mol. The Hall–Kier alpha value is -2.58. The van der Waals surface area contributed by atoms with Gasteiger partial charge in [0.1, 0.15) is 23.7 Å². The van der Waals surface area contributed by atoms with Gasteiger partial charge in [-0.25, -0.2) is 9.18 Å². The summed E-state index contributed by atoms with van der Waals surface area (Å²) in [4.78, 5) is 11.1. The molecule has 2 aromatic rings. The van der Waals surface area contributed by atoms with Crippen LogP contribution in [0.4, 0.5) is 4.39 Å². The molecule has 1 N–H and O–H groups in total. The molecule has 0 aliphatic heterocycles. The molecule has 0 spiro atoms. The van der Waals surface area contributed by atoms with Crippen LogP contribution in [0.5, 0.6) is 5.75 Å². The van der Waals surface area contributed by atoms with Crippen LogP contribution in [0.1, 0.15) is 21.5 Å². The van der Waals surface area contributed by atoms with Crippen LogP contribution in [0.25, 0.3) is 0 Å². The van der Waals surface area contributed by atoms with Crippen LogP contribution in [0.3, 0.4) is 0 Å². The van der Waals surface area contributed by atoms with E-state index in [1.54, 1.807) is 0 Å². The van der Waals surface area contributed by atoms with Gasteiger partial charge in [0.2, 0.25) is 0 Å². The zero-order chi connectivity index (χ0) is 15.4. The molecule has 0 aliphatic carbocycles. The van der Waals surface area contributed by atoms with Crippen molar-refractivity contribution in [3.63, 3.8) is 0 Å². The number of nitrogens with zero attached hydrogens (tertiary/aromatic N) is 1. The Labute approximate surface area is 125 Å². The number of carbonyl (C=O) groups is 1. The molecule has 21 heavy (non-hydrogen) atoms. The Morgan fingerprint density at radius 2 is 2.10 bits per heavy atom. The second-order valence-corrected chi connectivity index (χ2v) is 4.58. The third-order valence-electron chi connectivity index (χ3n) is 2.74. The summed E-state index contributed by atoms with van der Waals surface area (Å²) in [5, 5.41) is 18.3. The molecule has 4 nitrogen and oxygen atoms in total. The third-order valence-corrected chi connectivity index (χ3v) is 2.98. The Kier molecular flexibility index (Phi) is 4.41. The highest BCUT2D eigenvalue weighted by Crippen LogP contribution is 2.25. The fourth-order valence-electron chi connectivity index (χ4n) is 1.74. The Morgan fingerprint density at radius 3 is 2.76 bits per heavy atom. The standard InChI is InChI=1S/C15H9ClFNO3/c16-11-2-4-13(15(19)20)14(6-11)21-8-10-5-12(17)3-1-9(10)7-18/h1-6H,8H2,(H,19,20). The van der Waals surface area contributed by atoms with Crippen molar-refractivity contribution in [2.24, 2.45) is 0 Å². The molecule has 2 aromatic carbocycles. The van der Waals surface area contributed by atoms with Gasteiger partial charge in [0.05, 0.1) is 11.6 Å². The van der Waals surface area contributed by atoms with E-state index in [2.05, 4.69) is 0 Å². The number of benzene rings is 2. The predicted molar refractivity (Wildman–Crippen MR) is 73.9 cm³/mol. The molecule has 0 fully saturated rings. The van der Waals surface area contributed by atoms with Gasteiger partial charge in [0, 0.05) is 10.6 Å². The molecule has 0 radical (unpaired) electrons. The first-order valence-corrected chi connectivity index (χ1v) is 6.23. The zero-order valence-corrected chi connectivity index (χ0v) is 11.4. The number of carboxylic acids is 1. The van der Waals surface area contributed by atoms with E-state index in [1.807, 2.05) is 6.07 Å². The van der Waals surface area contributed by atoms with Crippen molar-refractivity contribution in [3.05, 3.63) is 63.9 Å². The van der Waals surface area contributed by atoms with Crippen LogP contribution in [0, 0.1) is 17.1 Å². The number of hydrogen-bond acceptors (Lipinski definition) is 3. The van der Waals surface area contributed by atoms with Crippen molar-refractivity contribution in [1.29, 1.82) is 5.26 Å². The van der Waals surface area contributed by atoms with E-state index in [9.17, 15) is 9.18 Å². The van der Waals surface area contributed by atoms with E-state index < -0.39 is 11.8 Å². The highest BCUT2D eigenvalue weighted by Gasteiger charge is 2.13. The van der Waals surface area contributed by atoms with E-state index in [-0.39, 0.29) is 23.5 Å². The monoisotopic (exact) mass is 305 g/mol. The molecule has 106 valence electrons. The summed E-state index contributed by atoms with van der Waals surface area (Å²) in [6.45, 7) is -0.138. The fraction of sp³-hybridized carbons (Fsp3) is 0.0667. The Bertz CT molecular complexity index is 740. The van der Waals surface area contributed by atoms with Crippen molar-refractivity contribution in [3.8, 4) is 11.8 Å². The van der Waals surface area contributed by atoms with Crippen molar-refractivity contribution in [1.82, 2.24) is 0 Å². The minimum Gasteiger partial charge on any atom is -0.488 e. The summed E-state index contributed by atoms with van der Waals surface area (Å²) in [6.07, 6.45) is 0. The lowest BCUT2D eigenvalue weighted by atomic mass is 10.1. The van der Waals surface area contributed by atoms with E-state index in [0.717, 1.165) is 0 Å². The number of halogens is 2. The summed E-state index contributed by atoms with van der Waals surface area (Å²) >= 11 is 5.80.